The first-order chi connectivity index (χ1) is 10.2. The Hall–Kier alpha value is -1.75. The molecule has 1 aromatic carbocycles. The number of ether oxygens (including phenoxy) is 2. The Balaban J connectivity index is 1.58. The van der Waals surface area contributed by atoms with Crippen LogP contribution >= 0.6 is 0 Å². The fourth-order valence-corrected chi connectivity index (χ4v) is 2.94. The van der Waals surface area contributed by atoms with Gasteiger partial charge >= 0.3 is 0 Å². The number of hydrogen-bond donors (Lipinski definition) is 1. The van der Waals surface area contributed by atoms with E-state index in [0.29, 0.717) is 17.4 Å². The summed E-state index contributed by atoms with van der Waals surface area (Å²) in [6.45, 7) is 3.13. The minimum absolute atomic E-state index is 0.00456. The summed E-state index contributed by atoms with van der Waals surface area (Å²) in [4.78, 5) is 14.3. The predicted molar refractivity (Wildman–Crippen MR) is 79.6 cm³/mol. The molecule has 21 heavy (non-hydrogen) atoms. The molecule has 2 unspecified atom stereocenters. The third-order valence-corrected chi connectivity index (χ3v) is 4.09. The maximum atomic E-state index is 12.5. The Labute approximate surface area is 125 Å². The van der Waals surface area contributed by atoms with Crippen LogP contribution in [0.15, 0.2) is 24.3 Å². The largest absolute Gasteiger partial charge is 0.485 e. The lowest BCUT2D eigenvalue weighted by Gasteiger charge is -2.31. The van der Waals surface area contributed by atoms with Crippen LogP contribution < -0.4 is 14.8 Å². The van der Waals surface area contributed by atoms with Crippen LogP contribution in [0.5, 0.6) is 11.5 Å². The zero-order valence-electron chi connectivity index (χ0n) is 12.4. The highest BCUT2D eigenvalue weighted by Crippen LogP contribution is 2.31. The molecule has 2 aliphatic rings. The first-order valence-corrected chi connectivity index (χ1v) is 7.58. The van der Waals surface area contributed by atoms with Crippen molar-refractivity contribution >= 4 is 5.91 Å². The molecule has 114 valence electrons. The van der Waals surface area contributed by atoms with E-state index in [1.807, 2.05) is 31.3 Å². The Bertz CT molecular complexity index is 500. The van der Waals surface area contributed by atoms with Gasteiger partial charge < -0.3 is 19.7 Å². The number of carbonyl (C=O) groups excluding carboxylic acids is 1. The number of nitrogens with one attached hydrogen (secondary N) is 1. The molecule has 0 radical (unpaired) electrons. The van der Waals surface area contributed by atoms with Gasteiger partial charge in [0.25, 0.3) is 5.91 Å². The van der Waals surface area contributed by atoms with Crippen molar-refractivity contribution in [3.05, 3.63) is 24.3 Å². The molecule has 0 aliphatic carbocycles. The SMILES string of the molecule is CN(CC1CCCNC1)C(=O)C1COc2ccccc2O1. The predicted octanol–water partition coefficient (Wildman–Crippen LogP) is 1.28. The van der Waals surface area contributed by atoms with E-state index in [-0.39, 0.29) is 12.5 Å². The lowest BCUT2D eigenvalue weighted by Crippen LogP contribution is -2.47. The van der Waals surface area contributed by atoms with Crippen molar-refractivity contribution in [2.45, 2.75) is 18.9 Å². The zero-order valence-corrected chi connectivity index (χ0v) is 12.4. The fourth-order valence-electron chi connectivity index (χ4n) is 2.94. The third kappa shape index (κ3) is 3.29. The summed E-state index contributed by atoms with van der Waals surface area (Å²) in [7, 11) is 1.85. The lowest BCUT2D eigenvalue weighted by atomic mass is 9.99. The molecule has 1 amide bonds. The normalized spacial score (nSPS) is 24.4. The molecule has 1 fully saturated rings. The first-order valence-electron chi connectivity index (χ1n) is 7.58. The second-order valence-electron chi connectivity index (χ2n) is 5.80. The number of carbonyl (C=O) groups is 1. The van der Waals surface area contributed by atoms with Gasteiger partial charge in [0.2, 0.25) is 6.10 Å². The Kier molecular flexibility index (Phi) is 4.29. The van der Waals surface area contributed by atoms with Gasteiger partial charge in [-0.1, -0.05) is 12.1 Å². The molecule has 1 N–H and O–H groups in total. The van der Waals surface area contributed by atoms with Gasteiger partial charge in [-0.15, -0.1) is 0 Å². The van der Waals surface area contributed by atoms with Crippen molar-refractivity contribution in [1.82, 2.24) is 10.2 Å². The molecule has 2 heterocycles. The van der Waals surface area contributed by atoms with Crippen molar-refractivity contribution in [2.24, 2.45) is 5.92 Å². The van der Waals surface area contributed by atoms with Gasteiger partial charge in [0, 0.05) is 13.6 Å². The van der Waals surface area contributed by atoms with Gasteiger partial charge in [-0.2, -0.15) is 0 Å². The number of rotatable bonds is 3. The van der Waals surface area contributed by atoms with Crippen molar-refractivity contribution < 1.29 is 14.3 Å². The average Bonchev–Trinajstić information content (AvgIpc) is 2.54. The average molecular weight is 290 g/mol. The van der Waals surface area contributed by atoms with Crippen LogP contribution in [0.1, 0.15) is 12.8 Å². The molecule has 1 saturated heterocycles. The highest BCUT2D eigenvalue weighted by molar-refractivity contribution is 5.81. The molecule has 2 atom stereocenters. The summed E-state index contributed by atoms with van der Waals surface area (Å²) < 4.78 is 11.4. The Morgan fingerprint density at radius 2 is 2.19 bits per heavy atom. The van der Waals surface area contributed by atoms with E-state index in [1.165, 1.54) is 12.8 Å². The number of amides is 1. The maximum Gasteiger partial charge on any atom is 0.267 e. The van der Waals surface area contributed by atoms with Crippen LogP contribution in [0, 0.1) is 5.92 Å². The van der Waals surface area contributed by atoms with E-state index in [0.717, 1.165) is 19.6 Å². The van der Waals surface area contributed by atoms with E-state index < -0.39 is 6.10 Å². The maximum absolute atomic E-state index is 12.5. The minimum atomic E-state index is -0.540. The summed E-state index contributed by atoms with van der Waals surface area (Å²) in [5.74, 6) is 1.88. The number of fused-ring (bicyclic) bond motifs is 1. The molecule has 0 aromatic heterocycles. The van der Waals surface area contributed by atoms with Gasteiger partial charge in [-0.05, 0) is 44.0 Å². The Morgan fingerprint density at radius 3 is 2.95 bits per heavy atom. The number of likely N-dealkylation sites (N-methyl/N-ethyl adjacent to an activating group) is 1. The topological polar surface area (TPSA) is 50.8 Å². The highest BCUT2D eigenvalue weighted by atomic mass is 16.6. The molecule has 1 aromatic rings. The van der Waals surface area contributed by atoms with Crippen molar-refractivity contribution in [3.8, 4) is 11.5 Å². The van der Waals surface area contributed by atoms with Crippen molar-refractivity contribution in [2.75, 3.05) is 33.3 Å². The lowest BCUT2D eigenvalue weighted by molar-refractivity contribution is -0.140. The second-order valence-corrected chi connectivity index (χ2v) is 5.80. The first kappa shape index (κ1) is 14.2. The summed E-state index contributed by atoms with van der Waals surface area (Å²) >= 11 is 0. The Morgan fingerprint density at radius 1 is 1.38 bits per heavy atom. The van der Waals surface area contributed by atoms with Gasteiger partial charge in [-0.3, -0.25) is 4.79 Å². The molecule has 5 heteroatoms. The molecule has 3 rings (SSSR count). The van der Waals surface area contributed by atoms with Gasteiger partial charge in [0.1, 0.15) is 6.61 Å². The number of hydrogen-bond acceptors (Lipinski definition) is 4. The van der Waals surface area contributed by atoms with Crippen LogP contribution in [-0.2, 0) is 4.79 Å². The van der Waals surface area contributed by atoms with Gasteiger partial charge in [-0.25, -0.2) is 0 Å². The molecule has 5 nitrogen and oxygen atoms in total. The monoisotopic (exact) mass is 290 g/mol. The molecular weight excluding hydrogens is 268 g/mol. The van der Waals surface area contributed by atoms with E-state index in [2.05, 4.69) is 5.32 Å². The molecule has 2 aliphatic heterocycles. The van der Waals surface area contributed by atoms with E-state index in [1.54, 1.807) is 4.90 Å². The van der Waals surface area contributed by atoms with E-state index in [9.17, 15) is 4.79 Å². The molecular formula is C16H22N2O3. The fraction of sp³-hybridized carbons (Fsp3) is 0.562. The number of para-hydroxylation sites is 2. The van der Waals surface area contributed by atoms with Crippen LogP contribution in [-0.4, -0.2) is 50.2 Å². The number of nitrogens with zero attached hydrogens (tertiary/aromatic N) is 1. The van der Waals surface area contributed by atoms with Crippen molar-refractivity contribution in [3.63, 3.8) is 0 Å². The van der Waals surface area contributed by atoms with Gasteiger partial charge in [0.15, 0.2) is 11.5 Å². The molecule has 0 saturated carbocycles. The van der Waals surface area contributed by atoms with Crippen molar-refractivity contribution in [1.29, 1.82) is 0 Å². The summed E-state index contributed by atoms with van der Waals surface area (Å²) in [5.41, 5.74) is 0. The highest BCUT2D eigenvalue weighted by Gasteiger charge is 2.30. The van der Waals surface area contributed by atoms with E-state index >= 15 is 0 Å². The number of benzene rings is 1. The summed E-state index contributed by atoms with van der Waals surface area (Å²) in [6, 6.07) is 7.46. The van der Waals surface area contributed by atoms with Gasteiger partial charge in [0.05, 0.1) is 0 Å². The third-order valence-electron chi connectivity index (χ3n) is 4.09. The second kappa shape index (κ2) is 6.35. The smallest absolute Gasteiger partial charge is 0.267 e. The molecule has 0 bridgehead atoms. The standard InChI is InChI=1S/C16H22N2O3/c1-18(10-12-5-4-8-17-9-12)16(19)15-11-20-13-6-2-3-7-14(13)21-15/h2-3,6-7,12,15,17H,4-5,8-11H2,1H3. The van der Waals surface area contributed by atoms with Crippen LogP contribution in [0.2, 0.25) is 0 Å². The van der Waals surface area contributed by atoms with E-state index in [4.69, 9.17) is 9.47 Å². The summed E-state index contributed by atoms with van der Waals surface area (Å²) in [6.07, 6.45) is 1.82. The number of piperidine rings is 1. The minimum Gasteiger partial charge on any atom is -0.485 e. The van der Waals surface area contributed by atoms with Crippen LogP contribution in [0.3, 0.4) is 0 Å². The molecule has 0 spiro atoms. The summed E-state index contributed by atoms with van der Waals surface area (Å²) in [5, 5.41) is 3.38. The van der Waals surface area contributed by atoms with Crippen LogP contribution in [0.4, 0.5) is 0 Å². The van der Waals surface area contributed by atoms with Crippen LogP contribution in [0.25, 0.3) is 0 Å². The quantitative estimate of drug-likeness (QED) is 0.911. The zero-order chi connectivity index (χ0) is 14.7.